The SMILES string of the molecule is Cc1ccc(Cn2nc(C)c(/C=C/C(=O)Nc3cccc(Cn4nc5ccccn5c4=O)c3)c2C)cc1. The molecule has 5 aromatic rings. The molecule has 0 saturated heterocycles. The smallest absolute Gasteiger partial charge is 0.323 e. The Kier molecular flexibility index (Phi) is 6.55. The molecular weight excluding hydrogens is 464 g/mol. The van der Waals surface area contributed by atoms with Gasteiger partial charge in [-0.15, -0.1) is 5.10 Å². The van der Waals surface area contributed by atoms with E-state index in [-0.39, 0.29) is 11.6 Å². The van der Waals surface area contributed by atoms with E-state index in [9.17, 15) is 9.59 Å². The second-order valence-corrected chi connectivity index (χ2v) is 9.12. The van der Waals surface area contributed by atoms with Crippen LogP contribution in [0.4, 0.5) is 5.69 Å². The number of nitrogens with one attached hydrogen (secondary N) is 1. The van der Waals surface area contributed by atoms with Crippen molar-refractivity contribution in [1.82, 2.24) is 24.0 Å². The molecule has 186 valence electrons. The lowest BCUT2D eigenvalue weighted by molar-refractivity contribution is -0.111. The monoisotopic (exact) mass is 492 g/mol. The lowest BCUT2D eigenvalue weighted by Crippen LogP contribution is -2.21. The van der Waals surface area contributed by atoms with Crippen LogP contribution in [0.3, 0.4) is 0 Å². The Morgan fingerprint density at radius 1 is 0.892 bits per heavy atom. The number of anilines is 1. The molecule has 0 fully saturated rings. The normalized spacial score (nSPS) is 11.4. The minimum Gasteiger partial charge on any atom is -0.323 e. The molecule has 0 atom stereocenters. The van der Waals surface area contributed by atoms with E-state index in [0.717, 1.165) is 22.5 Å². The van der Waals surface area contributed by atoms with Crippen molar-refractivity contribution in [3.63, 3.8) is 0 Å². The summed E-state index contributed by atoms with van der Waals surface area (Å²) in [6, 6.07) is 21.2. The van der Waals surface area contributed by atoms with Crippen LogP contribution in [-0.4, -0.2) is 29.9 Å². The fraction of sp³-hybridized carbons (Fsp3) is 0.172. The third-order valence-corrected chi connectivity index (χ3v) is 6.31. The van der Waals surface area contributed by atoms with Gasteiger partial charge >= 0.3 is 5.69 Å². The number of aromatic nitrogens is 5. The van der Waals surface area contributed by atoms with E-state index >= 15 is 0 Å². The van der Waals surface area contributed by atoms with Crippen LogP contribution in [0.15, 0.2) is 83.8 Å². The van der Waals surface area contributed by atoms with E-state index in [0.29, 0.717) is 24.4 Å². The number of fused-ring (bicyclic) bond motifs is 1. The largest absolute Gasteiger partial charge is 0.350 e. The summed E-state index contributed by atoms with van der Waals surface area (Å²) in [5, 5.41) is 11.9. The minimum atomic E-state index is -0.243. The number of amides is 1. The highest BCUT2D eigenvalue weighted by Gasteiger charge is 2.11. The summed E-state index contributed by atoms with van der Waals surface area (Å²) in [5.41, 5.74) is 7.09. The van der Waals surface area contributed by atoms with E-state index in [1.165, 1.54) is 26.3 Å². The average Bonchev–Trinajstić information content (AvgIpc) is 3.34. The van der Waals surface area contributed by atoms with Gasteiger partial charge in [0.25, 0.3) is 0 Å². The molecule has 3 aromatic heterocycles. The number of hydrogen-bond acceptors (Lipinski definition) is 4. The van der Waals surface area contributed by atoms with Gasteiger partial charge in [0.2, 0.25) is 5.91 Å². The highest BCUT2D eigenvalue weighted by Crippen LogP contribution is 2.17. The molecular formula is C29H28N6O2. The summed E-state index contributed by atoms with van der Waals surface area (Å²) in [5.74, 6) is -0.243. The summed E-state index contributed by atoms with van der Waals surface area (Å²) in [6.45, 7) is 7.01. The molecule has 8 heteroatoms. The second-order valence-electron chi connectivity index (χ2n) is 9.12. The number of carbonyl (C=O) groups excluding carboxylic acids is 1. The van der Waals surface area contributed by atoms with Crippen LogP contribution in [0, 0.1) is 20.8 Å². The Morgan fingerprint density at radius 2 is 1.68 bits per heavy atom. The minimum absolute atomic E-state index is 0.207. The predicted molar refractivity (Wildman–Crippen MR) is 145 cm³/mol. The third kappa shape index (κ3) is 5.28. The van der Waals surface area contributed by atoms with Crippen LogP contribution < -0.4 is 11.0 Å². The molecule has 0 aliphatic carbocycles. The summed E-state index contributed by atoms with van der Waals surface area (Å²) < 4.78 is 4.88. The standard InChI is InChI=1S/C29H28N6O2/c1-20-10-12-23(13-11-20)18-34-22(3)26(21(2)31-34)14-15-28(36)30-25-8-6-7-24(17-25)19-35-29(37)33-16-5-4-9-27(33)32-35/h4-17H,18-19H2,1-3H3,(H,30,36)/b15-14+. The Hall–Kier alpha value is -4.72. The topological polar surface area (TPSA) is 86.2 Å². The second kappa shape index (κ2) is 10.1. The molecule has 0 saturated carbocycles. The van der Waals surface area contributed by atoms with Crippen molar-refractivity contribution in [2.24, 2.45) is 0 Å². The first-order valence-corrected chi connectivity index (χ1v) is 12.1. The summed E-state index contributed by atoms with van der Waals surface area (Å²) >= 11 is 0. The van der Waals surface area contributed by atoms with Gasteiger partial charge in [-0.05, 0) is 62.2 Å². The van der Waals surface area contributed by atoms with Crippen LogP contribution in [-0.2, 0) is 17.9 Å². The molecule has 8 nitrogen and oxygen atoms in total. The summed E-state index contributed by atoms with van der Waals surface area (Å²) in [4.78, 5) is 25.2. The molecule has 1 amide bonds. The van der Waals surface area contributed by atoms with Crippen LogP contribution >= 0.6 is 0 Å². The van der Waals surface area contributed by atoms with Gasteiger partial charge in [-0.3, -0.25) is 13.9 Å². The maximum atomic E-state index is 12.7. The molecule has 0 unspecified atom stereocenters. The van der Waals surface area contributed by atoms with Gasteiger partial charge in [0.15, 0.2) is 5.65 Å². The fourth-order valence-electron chi connectivity index (χ4n) is 4.31. The number of benzene rings is 2. The Bertz CT molecular complexity index is 1670. The van der Waals surface area contributed by atoms with Crippen molar-refractivity contribution < 1.29 is 4.79 Å². The number of pyridine rings is 1. The van der Waals surface area contributed by atoms with Crippen LogP contribution in [0.5, 0.6) is 0 Å². The van der Waals surface area contributed by atoms with Crippen molar-refractivity contribution in [1.29, 1.82) is 0 Å². The zero-order chi connectivity index (χ0) is 25.9. The van der Waals surface area contributed by atoms with E-state index in [2.05, 4.69) is 46.7 Å². The molecule has 0 radical (unpaired) electrons. The van der Waals surface area contributed by atoms with Crippen molar-refractivity contribution in [2.75, 3.05) is 5.32 Å². The van der Waals surface area contributed by atoms with E-state index in [1.54, 1.807) is 24.4 Å². The predicted octanol–water partition coefficient (Wildman–Crippen LogP) is 4.37. The van der Waals surface area contributed by atoms with Gasteiger partial charge < -0.3 is 5.32 Å². The molecule has 0 bridgehead atoms. The number of hydrogen-bond donors (Lipinski definition) is 1. The summed E-state index contributed by atoms with van der Waals surface area (Å²) in [7, 11) is 0. The molecule has 3 heterocycles. The van der Waals surface area contributed by atoms with Gasteiger partial charge in [-0.1, -0.05) is 48.0 Å². The lowest BCUT2D eigenvalue weighted by Gasteiger charge is -2.06. The first-order valence-electron chi connectivity index (χ1n) is 12.1. The van der Waals surface area contributed by atoms with Crippen LogP contribution in [0.2, 0.25) is 0 Å². The highest BCUT2D eigenvalue weighted by atomic mass is 16.2. The van der Waals surface area contributed by atoms with Crippen molar-refractivity contribution in [2.45, 2.75) is 33.9 Å². The average molecular weight is 493 g/mol. The van der Waals surface area contributed by atoms with Crippen LogP contribution in [0.1, 0.15) is 33.6 Å². The molecule has 1 N–H and O–H groups in total. The molecule has 5 rings (SSSR count). The van der Waals surface area contributed by atoms with Crippen molar-refractivity contribution in [3.8, 4) is 0 Å². The van der Waals surface area contributed by atoms with Gasteiger partial charge in [0.05, 0.1) is 18.8 Å². The van der Waals surface area contributed by atoms with E-state index in [1.807, 2.05) is 48.9 Å². The molecule has 37 heavy (non-hydrogen) atoms. The van der Waals surface area contributed by atoms with Crippen molar-refractivity contribution >= 4 is 23.3 Å². The zero-order valence-electron chi connectivity index (χ0n) is 21.0. The molecule has 0 aliphatic heterocycles. The highest BCUT2D eigenvalue weighted by molar-refractivity contribution is 6.02. The maximum Gasteiger partial charge on any atom is 0.350 e. The van der Waals surface area contributed by atoms with Gasteiger partial charge in [-0.25, -0.2) is 9.48 Å². The molecule has 0 spiro atoms. The first-order chi connectivity index (χ1) is 17.9. The van der Waals surface area contributed by atoms with E-state index in [4.69, 9.17) is 0 Å². The third-order valence-electron chi connectivity index (χ3n) is 6.31. The lowest BCUT2D eigenvalue weighted by atomic mass is 10.1. The number of nitrogens with zero attached hydrogens (tertiary/aromatic N) is 5. The molecule has 0 aliphatic rings. The quantitative estimate of drug-likeness (QED) is 0.342. The fourth-order valence-corrected chi connectivity index (χ4v) is 4.31. The van der Waals surface area contributed by atoms with E-state index < -0.39 is 0 Å². The Balaban J connectivity index is 1.27. The maximum absolute atomic E-state index is 12.7. The number of rotatable bonds is 7. The summed E-state index contributed by atoms with van der Waals surface area (Å²) in [6.07, 6.45) is 5.02. The van der Waals surface area contributed by atoms with Gasteiger partial charge in [0.1, 0.15) is 0 Å². The molecule has 2 aromatic carbocycles. The Morgan fingerprint density at radius 3 is 2.46 bits per heavy atom. The van der Waals surface area contributed by atoms with Crippen molar-refractivity contribution in [3.05, 3.63) is 123 Å². The Labute approximate surface area is 214 Å². The number of carbonyl (C=O) groups is 1. The van der Waals surface area contributed by atoms with Crippen LogP contribution in [0.25, 0.3) is 11.7 Å². The van der Waals surface area contributed by atoms with Gasteiger partial charge in [0, 0.05) is 29.2 Å². The first kappa shape index (κ1) is 24.0. The van der Waals surface area contributed by atoms with Gasteiger partial charge in [-0.2, -0.15) is 5.10 Å². The number of aryl methyl sites for hydroxylation is 2. The zero-order valence-corrected chi connectivity index (χ0v) is 21.0.